The second kappa shape index (κ2) is 9.02. The van der Waals surface area contributed by atoms with Crippen molar-refractivity contribution in [2.45, 2.75) is 32.5 Å². The van der Waals surface area contributed by atoms with Crippen LogP contribution in [0.25, 0.3) is 11.4 Å². The van der Waals surface area contributed by atoms with Gasteiger partial charge >= 0.3 is 0 Å². The third-order valence-electron chi connectivity index (χ3n) is 5.06. The van der Waals surface area contributed by atoms with E-state index in [2.05, 4.69) is 26.0 Å². The Labute approximate surface area is 179 Å². The number of nitriles is 1. The zero-order valence-corrected chi connectivity index (χ0v) is 17.1. The molecule has 0 spiro atoms. The molecule has 0 aliphatic carbocycles. The van der Waals surface area contributed by atoms with Crippen LogP contribution in [0.3, 0.4) is 0 Å². The van der Waals surface area contributed by atoms with Crippen LogP contribution < -0.4 is 15.4 Å². The van der Waals surface area contributed by atoms with Crippen molar-refractivity contribution in [2.75, 3.05) is 18.0 Å². The van der Waals surface area contributed by atoms with Crippen LogP contribution in [0.15, 0.2) is 36.7 Å². The number of aromatic nitrogens is 4. The molecule has 1 aliphatic heterocycles. The quantitative estimate of drug-likeness (QED) is 0.670. The Bertz CT molecular complexity index is 1110. The van der Waals surface area contributed by atoms with E-state index in [9.17, 15) is 9.65 Å². The van der Waals surface area contributed by atoms with E-state index in [4.69, 9.17) is 10.5 Å². The van der Waals surface area contributed by atoms with Gasteiger partial charge in [-0.05, 0) is 38.0 Å². The average Bonchev–Trinajstić information content (AvgIpc) is 2.79. The first-order chi connectivity index (χ1) is 15.1. The molecule has 0 amide bonds. The van der Waals surface area contributed by atoms with E-state index in [0.717, 1.165) is 5.56 Å². The van der Waals surface area contributed by atoms with Gasteiger partial charge in [0.1, 0.15) is 23.6 Å². The van der Waals surface area contributed by atoms with Crippen LogP contribution in [0.5, 0.6) is 11.6 Å². The highest BCUT2D eigenvalue weighted by Gasteiger charge is 2.21. The van der Waals surface area contributed by atoms with Gasteiger partial charge in [0.05, 0.1) is 17.2 Å². The summed E-state index contributed by atoms with van der Waals surface area (Å²) in [5.41, 5.74) is 7.50. The normalized spacial score (nSPS) is 14.3. The number of ether oxygens (including phenoxy) is 1. The summed E-state index contributed by atoms with van der Waals surface area (Å²) in [6.45, 7) is 3.31. The Balaban J connectivity index is 1.67. The van der Waals surface area contributed by atoms with Crippen molar-refractivity contribution in [1.82, 2.24) is 19.9 Å². The van der Waals surface area contributed by atoms with Crippen molar-refractivity contribution in [3.05, 3.63) is 53.6 Å². The SMILES string of the molecule is Cc1nc(Oc2cc(C#N)ccc2-c2ncc(CN)cn2)cc(N2CCC(F)CC2)n1. The average molecular weight is 419 g/mol. The molecule has 2 N–H and O–H groups in total. The number of alkyl halides is 1. The van der Waals surface area contributed by atoms with Crippen LogP contribution in [0, 0.1) is 18.3 Å². The molecule has 1 aliphatic rings. The molecule has 0 atom stereocenters. The first-order valence-electron chi connectivity index (χ1n) is 10.0. The van der Waals surface area contributed by atoms with Gasteiger partial charge in [-0.3, -0.25) is 0 Å². The van der Waals surface area contributed by atoms with Crippen LogP contribution in [-0.2, 0) is 6.54 Å². The molecule has 31 heavy (non-hydrogen) atoms. The Morgan fingerprint density at radius 3 is 2.61 bits per heavy atom. The fraction of sp³-hybridized carbons (Fsp3) is 0.318. The summed E-state index contributed by atoms with van der Waals surface area (Å²) in [5.74, 6) is 2.42. The van der Waals surface area contributed by atoms with Gasteiger partial charge in [-0.1, -0.05) is 0 Å². The fourth-order valence-electron chi connectivity index (χ4n) is 3.39. The predicted octanol–water partition coefficient (Wildman–Crippen LogP) is 3.30. The lowest BCUT2D eigenvalue weighted by Gasteiger charge is -2.29. The number of aryl methyl sites for hydroxylation is 1. The number of hydrogen-bond donors (Lipinski definition) is 1. The molecular weight excluding hydrogens is 397 g/mol. The maximum absolute atomic E-state index is 13.5. The van der Waals surface area contributed by atoms with E-state index in [0.29, 0.717) is 72.7 Å². The van der Waals surface area contributed by atoms with Gasteiger partial charge in [-0.15, -0.1) is 0 Å². The molecule has 2 aromatic heterocycles. The number of nitrogens with two attached hydrogens (primary N) is 1. The minimum Gasteiger partial charge on any atom is -0.438 e. The van der Waals surface area contributed by atoms with Crippen LogP contribution in [0.2, 0.25) is 0 Å². The summed E-state index contributed by atoms with van der Waals surface area (Å²) in [7, 11) is 0. The summed E-state index contributed by atoms with van der Waals surface area (Å²) in [5, 5.41) is 9.32. The van der Waals surface area contributed by atoms with E-state index < -0.39 is 6.17 Å². The van der Waals surface area contributed by atoms with Gasteiger partial charge in [0, 0.05) is 43.7 Å². The lowest BCUT2D eigenvalue weighted by Crippen LogP contribution is -2.35. The van der Waals surface area contributed by atoms with Crippen molar-refractivity contribution >= 4 is 5.82 Å². The Morgan fingerprint density at radius 1 is 1.19 bits per heavy atom. The van der Waals surface area contributed by atoms with Crippen molar-refractivity contribution < 1.29 is 9.13 Å². The molecule has 9 heteroatoms. The van der Waals surface area contributed by atoms with Gasteiger partial charge in [0.25, 0.3) is 0 Å². The number of anilines is 1. The van der Waals surface area contributed by atoms with E-state index in [1.807, 2.05) is 4.90 Å². The maximum Gasteiger partial charge on any atom is 0.224 e. The molecule has 3 aromatic rings. The van der Waals surface area contributed by atoms with Crippen molar-refractivity contribution in [3.8, 4) is 29.1 Å². The molecule has 8 nitrogen and oxygen atoms in total. The summed E-state index contributed by atoms with van der Waals surface area (Å²) in [4.78, 5) is 19.6. The highest BCUT2D eigenvalue weighted by atomic mass is 19.1. The topological polar surface area (TPSA) is 114 Å². The van der Waals surface area contributed by atoms with E-state index in [1.165, 1.54) is 0 Å². The highest BCUT2D eigenvalue weighted by molar-refractivity contribution is 5.66. The van der Waals surface area contributed by atoms with Crippen LogP contribution in [-0.4, -0.2) is 39.2 Å². The lowest BCUT2D eigenvalue weighted by molar-refractivity contribution is 0.276. The van der Waals surface area contributed by atoms with E-state index >= 15 is 0 Å². The maximum atomic E-state index is 13.5. The minimum atomic E-state index is -0.767. The molecule has 1 saturated heterocycles. The number of benzene rings is 1. The monoisotopic (exact) mass is 419 g/mol. The molecule has 0 radical (unpaired) electrons. The van der Waals surface area contributed by atoms with Crippen molar-refractivity contribution in [1.29, 1.82) is 5.26 Å². The third kappa shape index (κ3) is 4.75. The second-order valence-electron chi connectivity index (χ2n) is 7.32. The molecule has 0 saturated carbocycles. The molecule has 4 rings (SSSR count). The smallest absolute Gasteiger partial charge is 0.224 e. The molecule has 158 valence electrons. The van der Waals surface area contributed by atoms with Gasteiger partial charge in [0.2, 0.25) is 5.88 Å². The van der Waals surface area contributed by atoms with E-state index in [1.54, 1.807) is 43.6 Å². The van der Waals surface area contributed by atoms with Crippen molar-refractivity contribution in [2.24, 2.45) is 5.73 Å². The lowest BCUT2D eigenvalue weighted by atomic mass is 10.1. The molecular formula is C22H22FN7O. The molecule has 1 aromatic carbocycles. The number of halogens is 1. The number of nitrogens with zero attached hydrogens (tertiary/aromatic N) is 6. The first-order valence-corrected chi connectivity index (χ1v) is 10.0. The molecule has 3 heterocycles. The zero-order chi connectivity index (χ0) is 21.8. The summed E-state index contributed by atoms with van der Waals surface area (Å²) >= 11 is 0. The fourth-order valence-corrected chi connectivity index (χ4v) is 3.39. The van der Waals surface area contributed by atoms with Crippen LogP contribution in [0.4, 0.5) is 10.2 Å². The number of hydrogen-bond acceptors (Lipinski definition) is 8. The van der Waals surface area contributed by atoms with E-state index in [-0.39, 0.29) is 0 Å². The third-order valence-corrected chi connectivity index (χ3v) is 5.06. The molecule has 1 fully saturated rings. The minimum absolute atomic E-state index is 0.333. The molecule has 0 unspecified atom stereocenters. The van der Waals surface area contributed by atoms with Crippen molar-refractivity contribution in [3.63, 3.8) is 0 Å². The van der Waals surface area contributed by atoms with Gasteiger partial charge < -0.3 is 15.4 Å². The number of rotatable bonds is 5. The van der Waals surface area contributed by atoms with Gasteiger partial charge in [-0.2, -0.15) is 10.2 Å². The Kier molecular flexibility index (Phi) is 6.00. The van der Waals surface area contributed by atoms with Crippen LogP contribution >= 0.6 is 0 Å². The molecule has 0 bridgehead atoms. The summed E-state index contributed by atoms with van der Waals surface area (Å²) < 4.78 is 19.6. The predicted molar refractivity (Wildman–Crippen MR) is 113 cm³/mol. The highest BCUT2D eigenvalue weighted by Crippen LogP contribution is 2.33. The summed E-state index contributed by atoms with van der Waals surface area (Å²) in [6.07, 6.45) is 3.50. The first kappa shape index (κ1) is 20.6. The second-order valence-corrected chi connectivity index (χ2v) is 7.32. The Hall–Kier alpha value is -3.64. The zero-order valence-electron chi connectivity index (χ0n) is 17.1. The summed E-state index contributed by atoms with van der Waals surface area (Å²) in [6, 6.07) is 8.89. The van der Waals surface area contributed by atoms with Gasteiger partial charge in [-0.25, -0.2) is 19.3 Å². The van der Waals surface area contributed by atoms with Gasteiger partial charge in [0.15, 0.2) is 5.82 Å². The Morgan fingerprint density at radius 2 is 1.94 bits per heavy atom. The van der Waals surface area contributed by atoms with Crippen LogP contribution in [0.1, 0.15) is 29.8 Å². The standard InChI is InChI=1S/C22H22FN7O/c1-14-28-20(30-6-4-17(23)5-7-30)9-21(29-14)31-19-8-15(10-24)2-3-18(19)22-26-12-16(11-25)13-27-22/h2-3,8-9,12-13,17H,4-7,11,25H2,1H3. The largest absolute Gasteiger partial charge is 0.438 e. The number of piperidine rings is 1.